The first-order valence-corrected chi connectivity index (χ1v) is 9.28. The minimum atomic E-state index is -2.80. The fourth-order valence-electron chi connectivity index (χ4n) is 2.06. The molecule has 0 fully saturated rings. The van der Waals surface area contributed by atoms with E-state index in [1.54, 1.807) is 14.2 Å². The van der Waals surface area contributed by atoms with Crippen LogP contribution >= 0.6 is 0 Å². The third-order valence-corrected chi connectivity index (χ3v) is 5.62. The van der Waals surface area contributed by atoms with Gasteiger partial charge in [0.15, 0.2) is 0 Å². The van der Waals surface area contributed by atoms with Gasteiger partial charge in [-0.2, -0.15) is 0 Å². The maximum atomic E-state index is 5.89. The molecule has 0 aliphatic rings. The van der Waals surface area contributed by atoms with Crippen LogP contribution in [0, 0.1) is 0 Å². The van der Waals surface area contributed by atoms with Gasteiger partial charge < -0.3 is 13.3 Å². The van der Waals surface area contributed by atoms with E-state index in [1.807, 2.05) is 84.6 Å². The van der Waals surface area contributed by atoms with Crippen LogP contribution in [0.2, 0.25) is 0 Å². The van der Waals surface area contributed by atoms with Crippen LogP contribution in [0.25, 0.3) is 12.2 Å². The molecule has 0 aliphatic heterocycles. The van der Waals surface area contributed by atoms with Crippen LogP contribution < -0.4 is 0 Å². The average Bonchev–Trinajstić information content (AvgIpc) is 2.63. The summed E-state index contributed by atoms with van der Waals surface area (Å²) in [7, 11) is 0.438. The predicted octanol–water partition coefficient (Wildman–Crippen LogP) is 4.20. The number of hydrogen-bond donors (Lipinski definition) is 0. The molecule has 4 heteroatoms. The molecule has 2 aromatic rings. The Balaban J connectivity index is 1.97. The van der Waals surface area contributed by atoms with Gasteiger partial charge in [-0.25, -0.2) is 0 Å². The zero-order valence-electron chi connectivity index (χ0n) is 13.5. The van der Waals surface area contributed by atoms with Gasteiger partial charge in [0.1, 0.15) is 0 Å². The van der Waals surface area contributed by atoms with Crippen LogP contribution in [-0.4, -0.2) is 29.6 Å². The highest BCUT2D eigenvalue weighted by Gasteiger charge is 2.35. The quantitative estimate of drug-likeness (QED) is 0.680. The lowest BCUT2D eigenvalue weighted by Crippen LogP contribution is -2.42. The Hall–Kier alpha value is -1.98. The molecule has 0 heterocycles. The second-order valence-corrected chi connectivity index (χ2v) is 7.53. The fourth-order valence-corrected chi connectivity index (χ4v) is 3.56. The maximum absolute atomic E-state index is 5.89. The molecule has 0 atom stereocenters. The summed E-state index contributed by atoms with van der Waals surface area (Å²) in [5.74, 6) is 0. The zero-order valence-corrected chi connectivity index (χ0v) is 14.5. The molecule has 0 radical (unpaired) electrons. The van der Waals surface area contributed by atoms with Gasteiger partial charge in [-0.3, -0.25) is 0 Å². The van der Waals surface area contributed by atoms with Crippen molar-refractivity contribution in [2.75, 3.05) is 20.8 Å². The van der Waals surface area contributed by atoms with Gasteiger partial charge in [0, 0.05) is 14.2 Å². The van der Waals surface area contributed by atoms with Crippen molar-refractivity contribution in [3.63, 3.8) is 0 Å². The highest BCUT2D eigenvalue weighted by molar-refractivity contribution is 6.67. The number of benzene rings is 2. The van der Waals surface area contributed by atoms with Crippen molar-refractivity contribution in [3.05, 3.63) is 83.6 Å². The Kier molecular flexibility index (Phi) is 6.97. The van der Waals surface area contributed by atoms with E-state index in [2.05, 4.69) is 0 Å². The third kappa shape index (κ3) is 5.62. The van der Waals surface area contributed by atoms with Crippen molar-refractivity contribution in [2.24, 2.45) is 0 Å². The molecule has 0 N–H and O–H groups in total. The second-order valence-electron chi connectivity index (χ2n) is 4.88. The van der Waals surface area contributed by atoms with Gasteiger partial charge in [0.25, 0.3) is 0 Å². The molecule has 2 rings (SSSR count). The summed E-state index contributed by atoms with van der Waals surface area (Å²) >= 11 is 0. The summed E-state index contributed by atoms with van der Waals surface area (Å²) in [4.78, 5) is 0. The Bertz CT molecular complexity index is 620. The van der Waals surface area contributed by atoms with Crippen molar-refractivity contribution >= 4 is 21.0 Å². The van der Waals surface area contributed by atoms with Crippen LogP contribution in [0.1, 0.15) is 11.1 Å². The van der Waals surface area contributed by atoms with Crippen molar-refractivity contribution in [1.82, 2.24) is 0 Å². The molecule has 0 amide bonds. The van der Waals surface area contributed by atoms with Gasteiger partial charge in [-0.05, 0) is 16.8 Å². The average molecular weight is 326 g/mol. The molecule has 0 saturated carbocycles. The summed E-state index contributed by atoms with van der Waals surface area (Å²) in [6, 6.07) is 20.1. The van der Waals surface area contributed by atoms with E-state index >= 15 is 0 Å². The largest absolute Gasteiger partial charge is 0.529 e. The molecule has 2 aromatic carbocycles. The van der Waals surface area contributed by atoms with Crippen molar-refractivity contribution in [2.45, 2.75) is 0 Å². The molecule has 0 aliphatic carbocycles. The molecule has 0 saturated heterocycles. The van der Waals surface area contributed by atoms with Crippen LogP contribution in [0.3, 0.4) is 0 Å². The summed E-state index contributed by atoms with van der Waals surface area (Å²) < 4.78 is 17.0. The van der Waals surface area contributed by atoms with E-state index in [1.165, 1.54) is 0 Å². The molecule has 0 aromatic heterocycles. The van der Waals surface area contributed by atoms with Gasteiger partial charge >= 0.3 is 8.80 Å². The summed E-state index contributed by atoms with van der Waals surface area (Å²) in [6.45, 7) is 0.432. The van der Waals surface area contributed by atoms with Gasteiger partial charge in [0.2, 0.25) is 0 Å². The number of rotatable bonds is 8. The smallest absolute Gasteiger partial charge is 0.374 e. The Morgan fingerprint density at radius 2 is 1.30 bits per heavy atom. The molecular formula is C19H22O3Si. The van der Waals surface area contributed by atoms with E-state index in [0.29, 0.717) is 6.61 Å². The van der Waals surface area contributed by atoms with E-state index < -0.39 is 8.80 Å². The molecule has 0 unspecified atom stereocenters. The lowest BCUT2D eigenvalue weighted by atomic mass is 10.2. The van der Waals surface area contributed by atoms with Gasteiger partial charge in [-0.1, -0.05) is 78.9 Å². The standard InChI is InChI=1S/C19H22O3Si/c1-20-23(21-2,17-15-19-12-7-4-8-13-19)22-16-9-14-18-10-5-3-6-11-18/h3-15,17H,16H2,1-2H3/b14-9+,17-15+. The third-order valence-electron chi connectivity index (χ3n) is 3.34. The monoisotopic (exact) mass is 326 g/mol. The molecule has 3 nitrogen and oxygen atoms in total. The van der Waals surface area contributed by atoms with Crippen LogP contribution in [0.15, 0.2) is 72.4 Å². The lowest BCUT2D eigenvalue weighted by molar-refractivity contribution is 0.125. The van der Waals surface area contributed by atoms with Crippen molar-refractivity contribution in [1.29, 1.82) is 0 Å². The number of hydrogen-bond acceptors (Lipinski definition) is 3. The zero-order chi connectivity index (χ0) is 16.4. The Labute approximate surface area is 139 Å². The lowest BCUT2D eigenvalue weighted by Gasteiger charge is -2.22. The van der Waals surface area contributed by atoms with Crippen LogP contribution in [0.4, 0.5) is 0 Å². The van der Waals surface area contributed by atoms with Gasteiger partial charge in [-0.15, -0.1) is 0 Å². The van der Waals surface area contributed by atoms with E-state index in [-0.39, 0.29) is 0 Å². The normalized spacial score (nSPS) is 12.3. The first-order chi connectivity index (χ1) is 11.3. The molecular weight excluding hydrogens is 304 g/mol. The molecule has 23 heavy (non-hydrogen) atoms. The summed E-state index contributed by atoms with van der Waals surface area (Å²) in [5.41, 5.74) is 4.12. The molecule has 0 bridgehead atoms. The summed E-state index contributed by atoms with van der Waals surface area (Å²) in [5, 5.41) is 0. The molecule has 0 spiro atoms. The summed E-state index contributed by atoms with van der Waals surface area (Å²) in [6.07, 6.45) is 5.96. The second kappa shape index (κ2) is 9.22. The maximum Gasteiger partial charge on any atom is 0.529 e. The van der Waals surface area contributed by atoms with Gasteiger partial charge in [0.05, 0.1) is 6.61 Å². The van der Waals surface area contributed by atoms with E-state index in [9.17, 15) is 0 Å². The minimum Gasteiger partial charge on any atom is -0.374 e. The van der Waals surface area contributed by atoms with E-state index in [0.717, 1.165) is 11.1 Å². The van der Waals surface area contributed by atoms with Crippen molar-refractivity contribution < 1.29 is 13.3 Å². The predicted molar refractivity (Wildman–Crippen MR) is 96.7 cm³/mol. The molecule has 120 valence electrons. The first-order valence-electron chi connectivity index (χ1n) is 7.48. The SMILES string of the molecule is CO[Si](/C=C/c1ccccc1)(OC)OC/C=C/c1ccccc1. The first kappa shape index (κ1) is 17.4. The van der Waals surface area contributed by atoms with Crippen LogP contribution in [-0.2, 0) is 13.3 Å². The minimum absolute atomic E-state index is 0.432. The fraction of sp³-hybridized carbons (Fsp3) is 0.158. The topological polar surface area (TPSA) is 27.7 Å². The van der Waals surface area contributed by atoms with Crippen LogP contribution in [0.5, 0.6) is 0 Å². The Morgan fingerprint density at radius 1 is 0.783 bits per heavy atom. The highest BCUT2D eigenvalue weighted by Crippen LogP contribution is 2.13. The highest BCUT2D eigenvalue weighted by atomic mass is 28.4. The van der Waals surface area contributed by atoms with E-state index in [4.69, 9.17) is 13.3 Å². The Morgan fingerprint density at radius 3 is 1.83 bits per heavy atom. The van der Waals surface area contributed by atoms with Crippen molar-refractivity contribution in [3.8, 4) is 0 Å².